The molecule has 0 aromatic rings. The van der Waals surface area contributed by atoms with E-state index >= 15 is 0 Å². The molecule has 0 heterocycles. The maximum atomic E-state index is 12.5. The first kappa shape index (κ1) is 63.2. The van der Waals surface area contributed by atoms with E-state index in [0.717, 1.165) is 51.4 Å². The van der Waals surface area contributed by atoms with Crippen molar-refractivity contribution in [1.29, 1.82) is 0 Å². The third kappa shape index (κ3) is 41.4. The van der Waals surface area contributed by atoms with Crippen LogP contribution in [0.2, 0.25) is 0 Å². The lowest BCUT2D eigenvalue weighted by atomic mass is 10.0. The largest absolute Gasteiger partial charge is 0.481 e. The molecule has 5 amide bonds. The molecule has 0 aliphatic carbocycles. The Morgan fingerprint density at radius 3 is 1.28 bits per heavy atom. The second kappa shape index (κ2) is 43.5. The van der Waals surface area contributed by atoms with Gasteiger partial charge in [0, 0.05) is 45.2 Å². The molecule has 0 spiro atoms. The second-order valence-electron chi connectivity index (χ2n) is 16.6. The number of hydrogen-bond donors (Lipinski definition) is 9. The zero-order valence-electron chi connectivity index (χ0n) is 40.2. The van der Waals surface area contributed by atoms with E-state index < -0.39 is 54.5 Å². The van der Waals surface area contributed by atoms with E-state index in [2.05, 4.69) is 26.6 Å². The monoisotopic (exact) mass is 976 g/mol. The molecule has 22 nitrogen and oxygen atoms in total. The number of rotatable bonds is 48. The van der Waals surface area contributed by atoms with Gasteiger partial charge in [-0.25, -0.2) is 9.59 Å². The molecular formula is C46H81N5O17. The third-order valence-corrected chi connectivity index (χ3v) is 10.4. The standard InChI is InChI=1S/C46H81N5O17/c1-35(53)18-20-37(45(61)62)51-43(58)34-68-31-29-66-27-25-48-42(57)33-67-30-28-65-26-24-47-39(54)22-19-36(32-52)49-41(56)23-21-38(46(63)64)50-40(55)16-14-12-10-8-6-4-2-3-5-7-9-11-13-15-17-44(59)60/h36-38,52H,2-34H2,1H3,(H,47,54)(H,48,57)(H,49,56)(H,50,55)(H,51,58)(H,59,60)(H,61,62)(H,63,64)/t36-,37-,38-/m0/s1. The molecule has 0 aromatic heterocycles. The number of ether oxygens (including phenoxy) is 4. The summed E-state index contributed by atoms with van der Waals surface area (Å²) in [4.78, 5) is 106. The molecule has 0 fully saturated rings. The number of aliphatic hydroxyl groups is 1. The molecule has 0 unspecified atom stereocenters. The first-order valence-electron chi connectivity index (χ1n) is 24.1. The van der Waals surface area contributed by atoms with E-state index in [1.165, 1.54) is 39.0 Å². The van der Waals surface area contributed by atoms with Crippen LogP contribution < -0.4 is 26.6 Å². The number of carbonyl (C=O) groups is 9. The topological polar surface area (TPSA) is 332 Å². The lowest BCUT2D eigenvalue weighted by Gasteiger charge is -2.18. The summed E-state index contributed by atoms with van der Waals surface area (Å²) in [6.45, 7) is 1.49. The van der Waals surface area contributed by atoms with Crippen LogP contribution in [0, 0.1) is 0 Å². The lowest BCUT2D eigenvalue weighted by Crippen LogP contribution is -2.43. The predicted molar refractivity (Wildman–Crippen MR) is 247 cm³/mol. The van der Waals surface area contributed by atoms with Crippen molar-refractivity contribution in [3.05, 3.63) is 0 Å². The Balaban J connectivity index is 3.90. The second-order valence-corrected chi connectivity index (χ2v) is 16.6. The van der Waals surface area contributed by atoms with Gasteiger partial charge in [-0.2, -0.15) is 0 Å². The molecule has 68 heavy (non-hydrogen) atoms. The maximum Gasteiger partial charge on any atom is 0.326 e. The highest BCUT2D eigenvalue weighted by Crippen LogP contribution is 2.14. The van der Waals surface area contributed by atoms with Gasteiger partial charge in [-0.3, -0.25) is 28.8 Å². The highest BCUT2D eigenvalue weighted by atomic mass is 16.5. The van der Waals surface area contributed by atoms with Crippen LogP contribution >= 0.6 is 0 Å². The first-order chi connectivity index (χ1) is 32.6. The van der Waals surface area contributed by atoms with E-state index in [9.17, 15) is 53.4 Å². The van der Waals surface area contributed by atoms with E-state index in [0.29, 0.717) is 6.42 Å². The van der Waals surface area contributed by atoms with E-state index in [1.54, 1.807) is 0 Å². The van der Waals surface area contributed by atoms with Gasteiger partial charge in [0.25, 0.3) is 0 Å². The summed E-state index contributed by atoms with van der Waals surface area (Å²) in [6, 6.07) is -3.15. The van der Waals surface area contributed by atoms with Crippen LogP contribution in [0.25, 0.3) is 0 Å². The molecule has 9 N–H and O–H groups in total. The smallest absolute Gasteiger partial charge is 0.326 e. The predicted octanol–water partition coefficient (Wildman–Crippen LogP) is 2.16. The van der Waals surface area contributed by atoms with Crippen LogP contribution in [0.3, 0.4) is 0 Å². The van der Waals surface area contributed by atoms with Crippen molar-refractivity contribution in [2.75, 3.05) is 72.6 Å². The minimum absolute atomic E-state index is 0.00267. The van der Waals surface area contributed by atoms with Crippen molar-refractivity contribution in [3.63, 3.8) is 0 Å². The van der Waals surface area contributed by atoms with Crippen LogP contribution in [0.1, 0.15) is 148 Å². The zero-order valence-corrected chi connectivity index (χ0v) is 40.2. The number of nitrogens with one attached hydrogen (secondary N) is 5. The molecule has 392 valence electrons. The number of carboxylic acids is 3. The summed E-state index contributed by atoms with van der Waals surface area (Å²) in [5.74, 6) is -5.66. The number of aliphatic hydroxyl groups excluding tert-OH is 1. The Morgan fingerprint density at radius 1 is 0.412 bits per heavy atom. The molecule has 0 aliphatic heterocycles. The fourth-order valence-electron chi connectivity index (χ4n) is 6.57. The zero-order chi connectivity index (χ0) is 50.6. The van der Waals surface area contributed by atoms with Crippen LogP contribution in [-0.4, -0.2) is 164 Å². The number of ketones is 1. The number of carbonyl (C=O) groups excluding carboxylic acids is 6. The average Bonchev–Trinajstić information content (AvgIpc) is 3.28. The van der Waals surface area contributed by atoms with E-state index in [4.69, 9.17) is 29.2 Å². The Kier molecular flexibility index (Phi) is 40.5. The minimum atomic E-state index is -1.25. The van der Waals surface area contributed by atoms with Gasteiger partial charge in [-0.15, -0.1) is 0 Å². The van der Waals surface area contributed by atoms with Crippen LogP contribution in [-0.2, 0) is 62.1 Å². The van der Waals surface area contributed by atoms with Crippen molar-refractivity contribution in [3.8, 4) is 0 Å². The molecule has 3 atom stereocenters. The van der Waals surface area contributed by atoms with Crippen molar-refractivity contribution in [2.24, 2.45) is 0 Å². The van der Waals surface area contributed by atoms with Gasteiger partial charge in [0.1, 0.15) is 31.1 Å². The van der Waals surface area contributed by atoms with E-state index in [1.807, 2.05) is 0 Å². The van der Waals surface area contributed by atoms with Crippen molar-refractivity contribution in [2.45, 2.75) is 166 Å². The first-order valence-corrected chi connectivity index (χ1v) is 24.1. The molecule has 0 saturated carbocycles. The number of hydrogen-bond acceptors (Lipinski definition) is 14. The summed E-state index contributed by atoms with van der Waals surface area (Å²) in [5.41, 5.74) is 0. The molecule has 0 rings (SSSR count). The normalized spacial score (nSPS) is 12.3. The Morgan fingerprint density at radius 2 is 0.809 bits per heavy atom. The number of amides is 5. The quantitative estimate of drug-likeness (QED) is 0.0395. The average molecular weight is 976 g/mol. The lowest BCUT2D eigenvalue weighted by molar-refractivity contribution is -0.143. The Labute approximate surface area is 400 Å². The molecule has 0 bridgehead atoms. The fourth-order valence-corrected chi connectivity index (χ4v) is 6.57. The third-order valence-electron chi connectivity index (χ3n) is 10.4. The minimum Gasteiger partial charge on any atom is -0.481 e. The molecule has 0 aromatic carbocycles. The summed E-state index contributed by atoms with van der Waals surface area (Å²) in [7, 11) is 0. The van der Waals surface area contributed by atoms with Crippen LogP contribution in [0.15, 0.2) is 0 Å². The number of aliphatic carboxylic acids is 3. The number of carboxylic acid groups (broad SMARTS) is 3. The van der Waals surface area contributed by atoms with Crippen molar-refractivity contribution in [1.82, 2.24) is 26.6 Å². The molecule has 0 aliphatic rings. The van der Waals surface area contributed by atoms with Crippen molar-refractivity contribution < 1.29 is 82.5 Å². The fraction of sp³-hybridized carbons (Fsp3) is 0.804. The summed E-state index contributed by atoms with van der Waals surface area (Å²) in [5, 5.41) is 49.8. The van der Waals surface area contributed by atoms with E-state index in [-0.39, 0.29) is 141 Å². The Bertz CT molecular complexity index is 1450. The summed E-state index contributed by atoms with van der Waals surface area (Å²) >= 11 is 0. The molecular weight excluding hydrogens is 895 g/mol. The van der Waals surface area contributed by atoms with Gasteiger partial charge in [0.05, 0.1) is 52.3 Å². The highest BCUT2D eigenvalue weighted by molar-refractivity contribution is 5.85. The van der Waals surface area contributed by atoms with Crippen LogP contribution in [0.4, 0.5) is 0 Å². The van der Waals surface area contributed by atoms with Crippen molar-refractivity contribution >= 4 is 53.2 Å². The van der Waals surface area contributed by atoms with Gasteiger partial charge in [-0.05, 0) is 39.0 Å². The molecule has 0 saturated heterocycles. The maximum absolute atomic E-state index is 12.5. The summed E-state index contributed by atoms with van der Waals surface area (Å²) in [6.07, 6.45) is 15.0. The SMILES string of the molecule is CC(=O)CC[C@H](NC(=O)COCCOCCNC(=O)COCCOCCNC(=O)CC[C@@H](CO)NC(=O)CC[C@H](NC(=O)CCCCCCCCCCCCCCCCC(=O)O)C(=O)O)C(=O)O. The van der Waals surface area contributed by atoms with Gasteiger partial charge >= 0.3 is 17.9 Å². The van der Waals surface area contributed by atoms with Crippen LogP contribution in [0.5, 0.6) is 0 Å². The van der Waals surface area contributed by atoms with Gasteiger partial charge in [0.2, 0.25) is 29.5 Å². The highest BCUT2D eigenvalue weighted by Gasteiger charge is 2.23. The summed E-state index contributed by atoms with van der Waals surface area (Å²) < 4.78 is 21.1. The number of unbranched alkanes of at least 4 members (excludes halogenated alkanes) is 13. The molecule has 22 heteroatoms. The van der Waals surface area contributed by atoms with Gasteiger partial charge in [-0.1, -0.05) is 77.0 Å². The number of Topliss-reactive ketones (excluding diaryl/α,β-unsaturated/α-hetero) is 1. The molecule has 0 radical (unpaired) electrons. The van der Waals surface area contributed by atoms with Gasteiger partial charge in [0.15, 0.2) is 0 Å². The Hall–Kier alpha value is -4.77. The van der Waals surface area contributed by atoms with Gasteiger partial charge < -0.3 is 70.8 Å².